The smallest absolute Gasteiger partial charge is 0.306 e. The van der Waals surface area contributed by atoms with Crippen LogP contribution >= 0.6 is 7.82 Å². The van der Waals surface area contributed by atoms with Gasteiger partial charge in [0.25, 0.3) is 7.82 Å². The number of allylic oxidation sites excluding steroid dienone is 8. The maximum Gasteiger partial charge on any atom is 0.306 e. The van der Waals surface area contributed by atoms with Crippen molar-refractivity contribution in [2.45, 2.75) is 84.2 Å². The van der Waals surface area contributed by atoms with Crippen LogP contribution in [0.5, 0.6) is 0 Å². The second-order valence-corrected chi connectivity index (χ2v) is 11.8. The monoisotopic (exact) mass is 585 g/mol. The van der Waals surface area contributed by atoms with Gasteiger partial charge in [-0.3, -0.25) is 14.2 Å². The number of carbonyl (C=O) groups excluding carboxylic acids is 2. The first-order valence-corrected chi connectivity index (χ1v) is 15.8. The molecule has 0 aromatic heterocycles. The lowest BCUT2D eigenvalue weighted by atomic mass is 10.2. The third kappa shape index (κ3) is 26.2. The summed E-state index contributed by atoms with van der Waals surface area (Å²) in [6.07, 6.45) is 22.5. The molecule has 230 valence electrons. The van der Waals surface area contributed by atoms with Crippen LogP contribution in [0.25, 0.3) is 0 Å². The number of hydrogen-bond donors (Lipinski definition) is 0. The molecule has 0 saturated carbocycles. The number of carbonyl (C=O) groups is 2. The number of quaternary nitrogens is 1. The van der Waals surface area contributed by atoms with Crippen LogP contribution in [-0.2, 0) is 32.7 Å². The lowest BCUT2D eigenvalue weighted by Crippen LogP contribution is -2.37. The van der Waals surface area contributed by atoms with Crippen LogP contribution in [0.2, 0.25) is 0 Å². The maximum absolute atomic E-state index is 12.4. The molecular formula is C30H52NO8P. The molecule has 0 aliphatic rings. The molecule has 2 atom stereocenters. The Hall–Kier alpha value is -2.03. The molecule has 0 amide bonds. The van der Waals surface area contributed by atoms with Crippen LogP contribution in [0.3, 0.4) is 0 Å². The van der Waals surface area contributed by atoms with E-state index in [-0.39, 0.29) is 26.1 Å². The van der Waals surface area contributed by atoms with Gasteiger partial charge in [-0.15, -0.1) is 0 Å². The number of likely N-dealkylation sites (N-methyl/N-ethyl adjacent to an activating group) is 1. The molecule has 0 fully saturated rings. The number of phosphoric ester groups is 1. The zero-order chi connectivity index (χ0) is 30.1. The van der Waals surface area contributed by atoms with E-state index in [1.807, 2.05) is 40.2 Å². The number of nitrogens with zero attached hydrogens (tertiary/aromatic N) is 1. The maximum atomic E-state index is 12.4. The molecule has 0 aromatic rings. The Morgan fingerprint density at radius 1 is 0.800 bits per heavy atom. The molecule has 0 radical (unpaired) electrons. The molecule has 0 saturated heterocycles. The first-order valence-electron chi connectivity index (χ1n) is 14.3. The fourth-order valence-corrected chi connectivity index (χ4v) is 3.80. The summed E-state index contributed by atoms with van der Waals surface area (Å²) < 4.78 is 33.1. The van der Waals surface area contributed by atoms with Gasteiger partial charge in [0, 0.05) is 12.8 Å². The Balaban J connectivity index is 4.61. The molecule has 9 nitrogen and oxygen atoms in total. The van der Waals surface area contributed by atoms with Crippen LogP contribution in [0.4, 0.5) is 0 Å². The van der Waals surface area contributed by atoms with Crippen LogP contribution in [0.15, 0.2) is 48.6 Å². The largest absolute Gasteiger partial charge is 0.756 e. The number of ether oxygens (including phenoxy) is 2. The van der Waals surface area contributed by atoms with Gasteiger partial charge in [0.15, 0.2) is 6.10 Å². The van der Waals surface area contributed by atoms with Crippen molar-refractivity contribution in [3.8, 4) is 0 Å². The summed E-state index contributed by atoms with van der Waals surface area (Å²) in [6.45, 7) is 3.77. The molecule has 0 spiro atoms. The van der Waals surface area contributed by atoms with Gasteiger partial charge in [-0.25, -0.2) is 0 Å². The summed E-state index contributed by atoms with van der Waals surface area (Å²) in [7, 11) is 1.11. The molecule has 0 aliphatic carbocycles. The summed E-state index contributed by atoms with van der Waals surface area (Å²) in [5.74, 6) is -0.969. The summed E-state index contributed by atoms with van der Waals surface area (Å²) in [5, 5.41) is 0. The lowest BCUT2D eigenvalue weighted by Gasteiger charge is -2.28. The van der Waals surface area contributed by atoms with Crippen molar-refractivity contribution in [1.29, 1.82) is 0 Å². The van der Waals surface area contributed by atoms with Crippen LogP contribution in [-0.4, -0.2) is 70.0 Å². The normalized spacial score (nSPS) is 14.8. The van der Waals surface area contributed by atoms with E-state index in [0.717, 1.165) is 38.5 Å². The van der Waals surface area contributed by atoms with Crippen molar-refractivity contribution in [3.63, 3.8) is 0 Å². The first kappa shape index (κ1) is 38.0. The van der Waals surface area contributed by atoms with Gasteiger partial charge in [-0.2, -0.15) is 0 Å². The molecule has 0 rings (SSSR count). The van der Waals surface area contributed by atoms with Gasteiger partial charge in [0.05, 0.1) is 27.7 Å². The highest BCUT2D eigenvalue weighted by molar-refractivity contribution is 7.45. The van der Waals surface area contributed by atoms with Gasteiger partial charge in [-0.05, 0) is 38.5 Å². The Morgan fingerprint density at radius 3 is 1.98 bits per heavy atom. The van der Waals surface area contributed by atoms with E-state index in [0.29, 0.717) is 23.9 Å². The highest BCUT2D eigenvalue weighted by Crippen LogP contribution is 2.38. The summed E-state index contributed by atoms with van der Waals surface area (Å²) in [4.78, 5) is 36.5. The van der Waals surface area contributed by atoms with Crippen molar-refractivity contribution >= 4 is 19.8 Å². The average molecular weight is 586 g/mol. The van der Waals surface area contributed by atoms with Crippen molar-refractivity contribution in [3.05, 3.63) is 48.6 Å². The van der Waals surface area contributed by atoms with Crippen LogP contribution < -0.4 is 4.89 Å². The highest BCUT2D eigenvalue weighted by atomic mass is 31.2. The van der Waals surface area contributed by atoms with Crippen molar-refractivity contribution in [2.75, 3.05) is 47.5 Å². The number of esters is 2. The van der Waals surface area contributed by atoms with E-state index in [9.17, 15) is 19.0 Å². The Bertz CT molecular complexity index is 845. The molecule has 0 bridgehead atoms. The zero-order valence-electron chi connectivity index (χ0n) is 25.3. The minimum atomic E-state index is -4.61. The van der Waals surface area contributed by atoms with Crippen LogP contribution in [0, 0.1) is 0 Å². The van der Waals surface area contributed by atoms with E-state index in [1.165, 1.54) is 0 Å². The standard InChI is InChI=1S/C30H52NO8P/c1-6-8-10-11-12-13-14-15-16-17-18-19-21-23-30(33)39-28(26-36-29(32)22-20-9-7-2)27-38-40(34,35)37-25-24-31(3,4)5/h8,10,12-13,15-16,18-19,28H,6-7,9,11,14,17,20-27H2,1-5H3/b10-8-,13-12-,16-15-,19-18-. The molecule has 2 unspecified atom stereocenters. The fourth-order valence-electron chi connectivity index (χ4n) is 3.08. The number of hydrogen-bond acceptors (Lipinski definition) is 8. The molecular weight excluding hydrogens is 533 g/mol. The van der Waals surface area contributed by atoms with Gasteiger partial charge >= 0.3 is 11.9 Å². The second kappa shape index (κ2) is 23.7. The third-order valence-electron chi connectivity index (χ3n) is 5.38. The van der Waals surface area contributed by atoms with E-state index in [2.05, 4.69) is 43.4 Å². The SMILES string of the molecule is CC/C=C\C/C=C\C/C=C\C/C=C\CCC(=O)OC(COC(=O)CCCCC)COP(=O)([O-])OCC[N+](C)(C)C. The fraction of sp³-hybridized carbons (Fsp3) is 0.667. The van der Waals surface area contributed by atoms with Crippen molar-refractivity contribution in [2.24, 2.45) is 0 Å². The molecule has 0 aliphatic heterocycles. The molecule has 40 heavy (non-hydrogen) atoms. The minimum Gasteiger partial charge on any atom is -0.756 e. The number of rotatable bonds is 24. The van der Waals surface area contributed by atoms with Gasteiger partial charge in [-0.1, -0.05) is 75.3 Å². The first-order chi connectivity index (χ1) is 19.0. The predicted molar refractivity (Wildman–Crippen MR) is 157 cm³/mol. The molecule has 0 N–H and O–H groups in total. The van der Waals surface area contributed by atoms with Crippen molar-refractivity contribution in [1.82, 2.24) is 0 Å². The third-order valence-corrected chi connectivity index (χ3v) is 6.34. The summed E-state index contributed by atoms with van der Waals surface area (Å²) >= 11 is 0. The quantitative estimate of drug-likeness (QED) is 0.0458. The van der Waals surface area contributed by atoms with E-state index < -0.39 is 32.5 Å². The van der Waals surface area contributed by atoms with Crippen LogP contribution in [0.1, 0.15) is 78.1 Å². The summed E-state index contributed by atoms with van der Waals surface area (Å²) in [5.41, 5.74) is 0. The molecule has 0 aromatic carbocycles. The van der Waals surface area contributed by atoms with Crippen molar-refractivity contribution < 1.29 is 42.1 Å². The van der Waals surface area contributed by atoms with Gasteiger partial charge in [0.2, 0.25) is 0 Å². The molecule has 0 heterocycles. The van der Waals surface area contributed by atoms with E-state index in [4.69, 9.17) is 18.5 Å². The van der Waals surface area contributed by atoms with Gasteiger partial charge in [0.1, 0.15) is 19.8 Å². The Morgan fingerprint density at radius 2 is 1.40 bits per heavy atom. The van der Waals surface area contributed by atoms with E-state index in [1.54, 1.807) is 0 Å². The summed E-state index contributed by atoms with van der Waals surface area (Å²) in [6, 6.07) is 0. The minimum absolute atomic E-state index is 0.0456. The number of phosphoric acid groups is 1. The zero-order valence-corrected chi connectivity index (χ0v) is 26.2. The average Bonchev–Trinajstić information content (AvgIpc) is 2.87. The Kier molecular flexibility index (Phi) is 22.5. The van der Waals surface area contributed by atoms with E-state index >= 15 is 0 Å². The number of unbranched alkanes of at least 4 members (excludes halogenated alkanes) is 2. The predicted octanol–water partition coefficient (Wildman–Crippen LogP) is 5.81. The molecule has 10 heteroatoms. The highest BCUT2D eigenvalue weighted by Gasteiger charge is 2.21. The topological polar surface area (TPSA) is 111 Å². The van der Waals surface area contributed by atoms with Gasteiger partial charge < -0.3 is 27.9 Å². The second-order valence-electron chi connectivity index (χ2n) is 10.4. The Labute approximate surface area is 242 Å². The lowest BCUT2D eigenvalue weighted by molar-refractivity contribution is -0.870.